The van der Waals surface area contributed by atoms with Crippen molar-refractivity contribution < 1.29 is 0 Å². The van der Waals surface area contributed by atoms with Crippen molar-refractivity contribution in [3.05, 3.63) is 21.3 Å². The first-order chi connectivity index (χ1) is 7.24. The van der Waals surface area contributed by atoms with Gasteiger partial charge in [-0.15, -0.1) is 11.3 Å². The first kappa shape index (κ1) is 11.9. The standard InChI is InChI=1S/C12H16BrClS/c13-9-12(4-2-1-3-5-12)7-10-6-11(14)15-8-10/h6,8H,1-5,7,9H2. The fraction of sp³-hybridized carbons (Fsp3) is 0.667. The zero-order valence-electron chi connectivity index (χ0n) is 8.77. The third-order valence-corrected chi connectivity index (χ3v) is 5.73. The zero-order valence-corrected chi connectivity index (χ0v) is 11.9. The zero-order chi connectivity index (χ0) is 10.7. The Labute approximate surface area is 109 Å². The van der Waals surface area contributed by atoms with Crippen LogP contribution in [0.5, 0.6) is 0 Å². The molecule has 0 atom stereocenters. The molecule has 1 saturated carbocycles. The lowest BCUT2D eigenvalue weighted by Gasteiger charge is -2.35. The molecule has 3 heteroatoms. The molecular formula is C12H16BrClS. The van der Waals surface area contributed by atoms with E-state index in [-0.39, 0.29) is 0 Å². The maximum absolute atomic E-state index is 5.97. The molecule has 1 heterocycles. The average Bonchev–Trinajstić information content (AvgIpc) is 2.65. The minimum absolute atomic E-state index is 0.503. The summed E-state index contributed by atoms with van der Waals surface area (Å²) in [6.07, 6.45) is 8.13. The van der Waals surface area contributed by atoms with Gasteiger partial charge in [-0.2, -0.15) is 0 Å². The monoisotopic (exact) mass is 306 g/mol. The highest BCUT2D eigenvalue weighted by atomic mass is 79.9. The van der Waals surface area contributed by atoms with Crippen LogP contribution in [0.15, 0.2) is 11.4 Å². The van der Waals surface area contributed by atoms with Crippen molar-refractivity contribution in [3.63, 3.8) is 0 Å². The molecule has 0 radical (unpaired) electrons. The quantitative estimate of drug-likeness (QED) is 0.666. The van der Waals surface area contributed by atoms with Gasteiger partial charge in [0, 0.05) is 5.33 Å². The molecule has 0 N–H and O–H groups in total. The Morgan fingerprint density at radius 1 is 1.33 bits per heavy atom. The van der Waals surface area contributed by atoms with Crippen LogP contribution in [-0.4, -0.2) is 5.33 Å². The van der Waals surface area contributed by atoms with Gasteiger partial charge < -0.3 is 0 Å². The Morgan fingerprint density at radius 3 is 2.60 bits per heavy atom. The molecule has 0 bridgehead atoms. The fourth-order valence-corrected chi connectivity index (χ4v) is 4.20. The Hall–Kier alpha value is 0.470. The van der Waals surface area contributed by atoms with Crippen molar-refractivity contribution >= 4 is 38.9 Å². The molecule has 1 fully saturated rings. The molecular weight excluding hydrogens is 292 g/mol. The van der Waals surface area contributed by atoms with E-state index < -0.39 is 0 Å². The molecule has 0 aliphatic heterocycles. The SMILES string of the molecule is Clc1cc(CC2(CBr)CCCCC2)cs1. The molecule has 1 aromatic heterocycles. The van der Waals surface area contributed by atoms with E-state index in [1.807, 2.05) is 0 Å². The van der Waals surface area contributed by atoms with Crippen LogP contribution in [0, 0.1) is 5.41 Å². The summed E-state index contributed by atoms with van der Waals surface area (Å²) < 4.78 is 0.922. The van der Waals surface area contributed by atoms with Crippen LogP contribution in [0.3, 0.4) is 0 Å². The number of thiophene rings is 1. The number of alkyl halides is 1. The molecule has 0 nitrogen and oxygen atoms in total. The molecule has 1 aliphatic rings. The second-order valence-electron chi connectivity index (χ2n) is 4.63. The van der Waals surface area contributed by atoms with Gasteiger partial charge >= 0.3 is 0 Å². The van der Waals surface area contributed by atoms with Crippen molar-refractivity contribution in [1.29, 1.82) is 0 Å². The van der Waals surface area contributed by atoms with E-state index in [4.69, 9.17) is 11.6 Å². The van der Waals surface area contributed by atoms with E-state index in [1.54, 1.807) is 11.3 Å². The average molecular weight is 308 g/mol. The highest BCUT2D eigenvalue weighted by Crippen LogP contribution is 2.41. The summed E-state index contributed by atoms with van der Waals surface area (Å²) in [5, 5.41) is 3.34. The van der Waals surface area contributed by atoms with Gasteiger partial charge in [-0.25, -0.2) is 0 Å². The van der Waals surface area contributed by atoms with Crippen LogP contribution >= 0.6 is 38.9 Å². The van der Waals surface area contributed by atoms with Crippen LogP contribution in [0.4, 0.5) is 0 Å². The molecule has 84 valence electrons. The Bertz CT molecular complexity index is 315. The van der Waals surface area contributed by atoms with Crippen molar-refractivity contribution in [2.45, 2.75) is 38.5 Å². The minimum Gasteiger partial charge on any atom is -0.132 e. The molecule has 0 unspecified atom stereocenters. The van der Waals surface area contributed by atoms with Crippen molar-refractivity contribution in [1.82, 2.24) is 0 Å². The maximum atomic E-state index is 5.97. The number of hydrogen-bond donors (Lipinski definition) is 0. The Kier molecular flexibility index (Phi) is 4.14. The smallest absolute Gasteiger partial charge is 0.0931 e. The summed E-state index contributed by atoms with van der Waals surface area (Å²) in [7, 11) is 0. The van der Waals surface area contributed by atoms with E-state index in [2.05, 4.69) is 27.4 Å². The van der Waals surface area contributed by atoms with Gasteiger partial charge in [-0.1, -0.05) is 46.8 Å². The molecule has 1 aromatic rings. The summed E-state index contributed by atoms with van der Waals surface area (Å²) in [5.74, 6) is 0. The van der Waals surface area contributed by atoms with E-state index in [0.29, 0.717) is 5.41 Å². The topological polar surface area (TPSA) is 0 Å². The van der Waals surface area contributed by atoms with E-state index in [9.17, 15) is 0 Å². The molecule has 0 amide bonds. The van der Waals surface area contributed by atoms with Gasteiger partial charge in [-0.05, 0) is 41.7 Å². The third-order valence-electron chi connectivity index (χ3n) is 3.40. The Balaban J connectivity index is 2.06. The minimum atomic E-state index is 0.503. The van der Waals surface area contributed by atoms with E-state index in [1.165, 1.54) is 44.1 Å². The van der Waals surface area contributed by atoms with E-state index >= 15 is 0 Å². The van der Waals surface area contributed by atoms with Crippen molar-refractivity contribution in [2.75, 3.05) is 5.33 Å². The van der Waals surface area contributed by atoms with Gasteiger partial charge in [-0.3, -0.25) is 0 Å². The van der Waals surface area contributed by atoms with Crippen LogP contribution in [0.2, 0.25) is 4.34 Å². The van der Waals surface area contributed by atoms with Crippen molar-refractivity contribution in [3.8, 4) is 0 Å². The van der Waals surface area contributed by atoms with Crippen LogP contribution in [0.25, 0.3) is 0 Å². The van der Waals surface area contributed by atoms with Crippen LogP contribution in [-0.2, 0) is 6.42 Å². The molecule has 0 saturated heterocycles. The van der Waals surface area contributed by atoms with Gasteiger partial charge in [0.25, 0.3) is 0 Å². The van der Waals surface area contributed by atoms with Gasteiger partial charge in [0.1, 0.15) is 0 Å². The highest BCUT2D eigenvalue weighted by molar-refractivity contribution is 9.09. The predicted molar refractivity (Wildman–Crippen MR) is 72.3 cm³/mol. The van der Waals surface area contributed by atoms with E-state index in [0.717, 1.165) is 9.67 Å². The lowest BCUT2D eigenvalue weighted by atomic mass is 9.72. The second-order valence-corrected chi connectivity index (χ2v) is 6.73. The number of rotatable bonds is 3. The van der Waals surface area contributed by atoms with Gasteiger partial charge in [0.2, 0.25) is 0 Å². The van der Waals surface area contributed by atoms with Crippen LogP contribution in [0.1, 0.15) is 37.7 Å². The summed E-state index contributed by atoms with van der Waals surface area (Å²) in [6.45, 7) is 0. The summed E-state index contributed by atoms with van der Waals surface area (Å²) in [5.41, 5.74) is 1.93. The summed E-state index contributed by atoms with van der Waals surface area (Å²) >= 11 is 11.3. The summed E-state index contributed by atoms with van der Waals surface area (Å²) in [6, 6.07) is 2.13. The largest absolute Gasteiger partial charge is 0.132 e. The number of halogens is 2. The lowest BCUT2D eigenvalue weighted by molar-refractivity contribution is 0.223. The van der Waals surface area contributed by atoms with Crippen molar-refractivity contribution in [2.24, 2.45) is 5.41 Å². The maximum Gasteiger partial charge on any atom is 0.0931 e. The number of hydrogen-bond acceptors (Lipinski definition) is 1. The highest BCUT2D eigenvalue weighted by Gasteiger charge is 2.31. The summed E-state index contributed by atoms with van der Waals surface area (Å²) in [4.78, 5) is 0. The first-order valence-corrected chi connectivity index (χ1v) is 7.91. The third kappa shape index (κ3) is 2.98. The second kappa shape index (κ2) is 5.20. The Morgan fingerprint density at radius 2 is 2.07 bits per heavy atom. The van der Waals surface area contributed by atoms with Gasteiger partial charge in [0.15, 0.2) is 0 Å². The van der Waals surface area contributed by atoms with Crippen LogP contribution < -0.4 is 0 Å². The first-order valence-electron chi connectivity index (χ1n) is 5.53. The molecule has 0 aromatic carbocycles. The normalized spacial score (nSPS) is 20.4. The fourth-order valence-electron chi connectivity index (χ4n) is 2.53. The molecule has 2 rings (SSSR count). The lowest BCUT2D eigenvalue weighted by Crippen LogP contribution is -2.28. The van der Waals surface area contributed by atoms with Gasteiger partial charge in [0.05, 0.1) is 4.34 Å². The molecule has 0 spiro atoms. The predicted octanol–water partition coefficient (Wildman–Crippen LogP) is 5.29. The molecule has 1 aliphatic carbocycles. The molecule has 15 heavy (non-hydrogen) atoms.